The highest BCUT2D eigenvalue weighted by atomic mass is 16.6. The average molecular weight is 482 g/mol. The Morgan fingerprint density at radius 3 is 2.80 bits per heavy atom. The van der Waals surface area contributed by atoms with Crippen molar-refractivity contribution in [2.24, 2.45) is 17.8 Å². The number of carbonyl (C=O) groups excluding carboxylic acids is 1. The van der Waals surface area contributed by atoms with Gasteiger partial charge in [0.15, 0.2) is 0 Å². The Morgan fingerprint density at radius 1 is 1.26 bits per heavy atom. The van der Waals surface area contributed by atoms with Crippen LogP contribution in [0.25, 0.3) is 0 Å². The molecule has 0 bridgehead atoms. The predicted octanol–water partition coefficient (Wildman–Crippen LogP) is 5.28. The summed E-state index contributed by atoms with van der Waals surface area (Å²) in [6, 6.07) is 9.86. The first-order valence-corrected chi connectivity index (χ1v) is 12.5. The number of anilines is 2. The van der Waals surface area contributed by atoms with Crippen molar-refractivity contribution in [3.8, 4) is 5.75 Å². The molecule has 2 aliphatic rings. The van der Waals surface area contributed by atoms with Crippen molar-refractivity contribution in [2.75, 3.05) is 23.4 Å². The number of ether oxygens (including phenoxy) is 1. The summed E-state index contributed by atoms with van der Waals surface area (Å²) in [5, 5.41) is 24.2. The van der Waals surface area contributed by atoms with E-state index in [1.54, 1.807) is 0 Å². The second-order valence-corrected chi connectivity index (χ2v) is 10.2. The fraction of sp³-hybridized carbons (Fsp3) is 0.519. The number of phenolic OH excluding ortho intramolecular Hbond substituents is 1. The molecule has 2 aromatic carbocycles. The SMILES string of the molecule is CC(C)C1C(C)CCCC1OCC(=O)Nc1ccc2c(c1)CCN2Cc1cc([N+](=O)[O-])ccc1O. The van der Waals surface area contributed by atoms with Crippen LogP contribution in [0, 0.1) is 27.9 Å². The normalized spacial score (nSPS) is 21.7. The van der Waals surface area contributed by atoms with Gasteiger partial charge in [0.05, 0.1) is 11.0 Å². The number of nitro groups is 1. The van der Waals surface area contributed by atoms with Crippen LogP contribution < -0.4 is 10.2 Å². The second kappa shape index (κ2) is 10.6. The topological polar surface area (TPSA) is 105 Å². The van der Waals surface area contributed by atoms with E-state index in [4.69, 9.17) is 4.74 Å². The Hall–Kier alpha value is -3.13. The minimum Gasteiger partial charge on any atom is -0.508 e. The van der Waals surface area contributed by atoms with E-state index in [0.29, 0.717) is 29.9 Å². The lowest BCUT2D eigenvalue weighted by atomic mass is 9.72. The summed E-state index contributed by atoms with van der Waals surface area (Å²) >= 11 is 0. The molecule has 1 heterocycles. The second-order valence-electron chi connectivity index (χ2n) is 10.2. The van der Waals surface area contributed by atoms with Crippen molar-refractivity contribution in [3.05, 3.63) is 57.6 Å². The Kier molecular flexibility index (Phi) is 7.60. The number of nitrogens with zero attached hydrogens (tertiary/aromatic N) is 2. The van der Waals surface area contributed by atoms with Gasteiger partial charge < -0.3 is 20.1 Å². The minimum absolute atomic E-state index is 0.0417. The molecule has 1 aliphatic heterocycles. The van der Waals surface area contributed by atoms with E-state index in [-0.39, 0.29) is 30.1 Å². The maximum atomic E-state index is 12.6. The van der Waals surface area contributed by atoms with Gasteiger partial charge in [0.25, 0.3) is 5.69 Å². The standard InChI is InChI=1S/C27H35N3O5/c1-17(2)27-18(3)5-4-6-25(27)35-16-26(32)28-21-7-9-23-19(13-21)11-12-29(23)15-20-14-22(30(33)34)8-10-24(20)31/h7-10,13-14,17-18,25,27,31H,4-6,11-12,15-16H2,1-3H3,(H,28,32). The Bertz CT molecular complexity index is 1090. The lowest BCUT2D eigenvalue weighted by Gasteiger charge is -2.38. The minimum atomic E-state index is -0.461. The van der Waals surface area contributed by atoms with Gasteiger partial charge in [-0.2, -0.15) is 0 Å². The fourth-order valence-electron chi connectivity index (χ4n) is 5.78. The van der Waals surface area contributed by atoms with Crippen LogP contribution in [0.1, 0.15) is 51.2 Å². The fourth-order valence-corrected chi connectivity index (χ4v) is 5.78. The average Bonchev–Trinajstić information content (AvgIpc) is 3.20. The molecule has 0 aromatic heterocycles. The number of nitro benzene ring substituents is 1. The van der Waals surface area contributed by atoms with Crippen molar-refractivity contribution in [1.82, 2.24) is 0 Å². The van der Waals surface area contributed by atoms with E-state index < -0.39 is 4.92 Å². The Morgan fingerprint density at radius 2 is 2.06 bits per heavy atom. The molecule has 3 unspecified atom stereocenters. The van der Waals surface area contributed by atoms with Gasteiger partial charge in [-0.1, -0.05) is 33.6 Å². The molecule has 0 spiro atoms. The first kappa shape index (κ1) is 25.0. The van der Waals surface area contributed by atoms with Gasteiger partial charge in [-0.15, -0.1) is 0 Å². The number of rotatable bonds is 8. The maximum absolute atomic E-state index is 12.6. The lowest BCUT2D eigenvalue weighted by Crippen LogP contribution is -2.38. The van der Waals surface area contributed by atoms with E-state index in [2.05, 4.69) is 31.0 Å². The number of non-ortho nitro benzene ring substituents is 1. The van der Waals surface area contributed by atoms with E-state index in [9.17, 15) is 20.0 Å². The third-order valence-electron chi connectivity index (χ3n) is 7.42. The van der Waals surface area contributed by atoms with Gasteiger partial charge in [-0.3, -0.25) is 14.9 Å². The van der Waals surface area contributed by atoms with Crippen molar-refractivity contribution in [1.29, 1.82) is 0 Å². The zero-order valence-corrected chi connectivity index (χ0v) is 20.7. The molecule has 0 saturated heterocycles. The third kappa shape index (κ3) is 5.75. The number of fused-ring (bicyclic) bond motifs is 1. The molecule has 2 aromatic rings. The molecule has 1 amide bonds. The smallest absolute Gasteiger partial charge is 0.270 e. The number of nitrogens with one attached hydrogen (secondary N) is 1. The number of hydrogen-bond acceptors (Lipinski definition) is 6. The summed E-state index contributed by atoms with van der Waals surface area (Å²) < 4.78 is 6.08. The Labute approximate surface area is 206 Å². The molecular formula is C27H35N3O5. The van der Waals surface area contributed by atoms with Crippen LogP contribution >= 0.6 is 0 Å². The van der Waals surface area contributed by atoms with Crippen molar-refractivity contribution in [2.45, 2.75) is 59.1 Å². The van der Waals surface area contributed by atoms with Crippen LogP contribution in [0.5, 0.6) is 5.75 Å². The Balaban J connectivity index is 1.36. The number of amides is 1. The third-order valence-corrected chi connectivity index (χ3v) is 7.42. The zero-order chi connectivity index (χ0) is 25.1. The maximum Gasteiger partial charge on any atom is 0.270 e. The van der Waals surface area contributed by atoms with Gasteiger partial charge in [-0.25, -0.2) is 0 Å². The molecular weight excluding hydrogens is 446 g/mol. The first-order valence-electron chi connectivity index (χ1n) is 12.5. The van der Waals surface area contributed by atoms with Crippen molar-refractivity contribution >= 4 is 23.0 Å². The molecule has 35 heavy (non-hydrogen) atoms. The van der Waals surface area contributed by atoms with Crippen LogP contribution in [-0.2, 0) is 22.5 Å². The summed E-state index contributed by atoms with van der Waals surface area (Å²) in [5.74, 6) is 1.51. The molecule has 2 N–H and O–H groups in total. The summed E-state index contributed by atoms with van der Waals surface area (Å²) in [5.41, 5.74) is 3.30. The molecule has 188 valence electrons. The molecule has 0 radical (unpaired) electrons. The van der Waals surface area contributed by atoms with Gasteiger partial charge in [-0.05, 0) is 60.4 Å². The van der Waals surface area contributed by atoms with Crippen LogP contribution in [0.15, 0.2) is 36.4 Å². The van der Waals surface area contributed by atoms with E-state index >= 15 is 0 Å². The number of benzene rings is 2. The van der Waals surface area contributed by atoms with Crippen LogP contribution in [-0.4, -0.2) is 35.2 Å². The van der Waals surface area contributed by atoms with E-state index in [1.165, 1.54) is 24.6 Å². The summed E-state index contributed by atoms with van der Waals surface area (Å²) in [4.78, 5) is 25.3. The number of carbonyl (C=O) groups is 1. The number of hydrogen-bond donors (Lipinski definition) is 2. The van der Waals surface area contributed by atoms with Gasteiger partial charge in [0, 0.05) is 42.2 Å². The first-order chi connectivity index (χ1) is 16.7. The lowest BCUT2D eigenvalue weighted by molar-refractivity contribution is -0.384. The van der Waals surface area contributed by atoms with Gasteiger partial charge in [0.1, 0.15) is 12.4 Å². The molecule has 1 aliphatic carbocycles. The number of aromatic hydroxyl groups is 1. The van der Waals surface area contributed by atoms with Crippen molar-refractivity contribution in [3.63, 3.8) is 0 Å². The number of phenols is 1. The highest BCUT2D eigenvalue weighted by Gasteiger charge is 2.33. The molecule has 4 rings (SSSR count). The summed E-state index contributed by atoms with van der Waals surface area (Å²) in [7, 11) is 0. The molecule has 3 atom stereocenters. The predicted molar refractivity (Wildman–Crippen MR) is 136 cm³/mol. The summed E-state index contributed by atoms with van der Waals surface area (Å²) in [6.45, 7) is 7.91. The van der Waals surface area contributed by atoms with Crippen molar-refractivity contribution < 1.29 is 19.6 Å². The van der Waals surface area contributed by atoms with Gasteiger partial charge >= 0.3 is 0 Å². The largest absolute Gasteiger partial charge is 0.508 e. The quantitative estimate of drug-likeness (QED) is 0.393. The van der Waals surface area contributed by atoms with E-state index in [1.807, 2.05) is 18.2 Å². The van der Waals surface area contributed by atoms with Crippen LogP contribution in [0.4, 0.5) is 17.1 Å². The highest BCUT2D eigenvalue weighted by molar-refractivity contribution is 5.92. The monoisotopic (exact) mass is 481 g/mol. The molecule has 8 nitrogen and oxygen atoms in total. The molecule has 8 heteroatoms. The van der Waals surface area contributed by atoms with Crippen LogP contribution in [0.2, 0.25) is 0 Å². The summed E-state index contributed by atoms with van der Waals surface area (Å²) in [6.07, 6.45) is 4.30. The van der Waals surface area contributed by atoms with E-state index in [0.717, 1.165) is 42.7 Å². The highest BCUT2D eigenvalue weighted by Crippen LogP contribution is 2.37. The van der Waals surface area contributed by atoms with Crippen LogP contribution in [0.3, 0.4) is 0 Å². The van der Waals surface area contributed by atoms with Gasteiger partial charge in [0.2, 0.25) is 5.91 Å². The zero-order valence-electron chi connectivity index (χ0n) is 20.7. The molecule has 1 saturated carbocycles. The molecule has 1 fully saturated rings.